The highest BCUT2D eigenvalue weighted by Crippen LogP contribution is 2.22. The fourth-order valence-electron chi connectivity index (χ4n) is 1.46. The molecule has 9 heteroatoms. The Labute approximate surface area is 121 Å². The van der Waals surface area contributed by atoms with E-state index in [1.807, 2.05) is 26.0 Å². The van der Waals surface area contributed by atoms with Gasteiger partial charge in [-0.25, -0.2) is 0 Å². The second-order valence-corrected chi connectivity index (χ2v) is 5.02. The summed E-state index contributed by atoms with van der Waals surface area (Å²) in [4.78, 5) is 0. The lowest BCUT2D eigenvalue weighted by Crippen LogP contribution is -1.88. The molecule has 2 N–H and O–H groups in total. The second-order valence-electron chi connectivity index (χ2n) is 5.02. The van der Waals surface area contributed by atoms with Crippen molar-refractivity contribution in [3.05, 3.63) is 23.7 Å². The smallest absolute Gasteiger partial charge is 0.239 e. The van der Waals surface area contributed by atoms with Gasteiger partial charge in [0.2, 0.25) is 5.82 Å². The minimum atomic E-state index is 0.369. The van der Waals surface area contributed by atoms with Gasteiger partial charge in [-0.2, -0.15) is 10.4 Å². The first-order chi connectivity index (χ1) is 10.1. The zero-order chi connectivity index (χ0) is 15.2. The van der Waals surface area contributed by atoms with Gasteiger partial charge >= 0.3 is 0 Å². The predicted octanol–water partition coefficient (Wildman–Crippen LogP) is 1.91. The van der Waals surface area contributed by atoms with Gasteiger partial charge in [-0.05, 0) is 17.3 Å². The van der Waals surface area contributed by atoms with Crippen molar-refractivity contribution in [3.63, 3.8) is 0 Å². The largest absolute Gasteiger partial charge is 0.457 e. The van der Waals surface area contributed by atoms with E-state index in [1.165, 1.54) is 0 Å². The summed E-state index contributed by atoms with van der Waals surface area (Å²) in [5.74, 6) is 3.59. The number of rotatable bonds is 3. The molecule has 0 aliphatic heterocycles. The van der Waals surface area contributed by atoms with E-state index in [4.69, 9.17) is 4.42 Å². The normalized spacial score (nSPS) is 10.8. The van der Waals surface area contributed by atoms with E-state index in [9.17, 15) is 0 Å². The van der Waals surface area contributed by atoms with Gasteiger partial charge in [0.15, 0.2) is 11.6 Å². The molecule has 0 saturated carbocycles. The number of H-pyrrole nitrogens is 2. The molecule has 3 aromatic rings. The predicted molar refractivity (Wildman–Crippen MR) is 74.2 cm³/mol. The Morgan fingerprint density at radius 2 is 1.62 bits per heavy atom. The molecule has 3 rings (SSSR count). The van der Waals surface area contributed by atoms with Gasteiger partial charge in [0.25, 0.3) is 0 Å². The molecule has 0 spiro atoms. The van der Waals surface area contributed by atoms with Crippen LogP contribution in [0.25, 0.3) is 11.6 Å². The van der Waals surface area contributed by atoms with Crippen molar-refractivity contribution >= 4 is 0 Å². The molecule has 0 saturated heterocycles. The Morgan fingerprint density at radius 1 is 0.905 bits per heavy atom. The van der Waals surface area contributed by atoms with Gasteiger partial charge in [0.1, 0.15) is 5.76 Å². The summed E-state index contributed by atoms with van der Waals surface area (Å²) in [5, 5.41) is 26.8. The average molecular weight is 290 g/mol. The quantitative estimate of drug-likeness (QED) is 0.755. The maximum Gasteiger partial charge on any atom is 0.239 e. The molecular formula is C12H18N8O. The van der Waals surface area contributed by atoms with Crippen LogP contribution in [-0.2, 0) is 0 Å². The van der Waals surface area contributed by atoms with Gasteiger partial charge < -0.3 is 4.42 Å². The summed E-state index contributed by atoms with van der Waals surface area (Å²) in [7, 11) is 0. The minimum absolute atomic E-state index is 0.369. The molecule has 0 atom stereocenters. The number of tetrazole rings is 2. The third-order valence-corrected chi connectivity index (χ3v) is 2.64. The molecular weight excluding hydrogens is 272 g/mol. The van der Waals surface area contributed by atoms with Gasteiger partial charge in [-0.15, -0.1) is 20.4 Å². The van der Waals surface area contributed by atoms with E-state index in [0.29, 0.717) is 23.4 Å². The lowest BCUT2D eigenvalue weighted by Gasteiger charge is -1.96. The van der Waals surface area contributed by atoms with Crippen molar-refractivity contribution in [1.82, 2.24) is 41.2 Å². The molecule has 3 aromatic heterocycles. The van der Waals surface area contributed by atoms with Crippen molar-refractivity contribution < 1.29 is 4.42 Å². The van der Waals surface area contributed by atoms with Crippen molar-refractivity contribution in [2.75, 3.05) is 0 Å². The standard InChI is InChI=1S/C8H10N4O.C4H8N4/c1-5(2)6-3-4-7(13-6)8-9-11-12-10-8;1-3(2)4-5-7-8-6-4/h3-5H,1-2H3,(H,9,10,11,12);3H,1-2H3,(H,5,6,7,8). The van der Waals surface area contributed by atoms with Gasteiger partial charge in [-0.1, -0.05) is 32.9 Å². The highest BCUT2D eigenvalue weighted by atomic mass is 16.3. The zero-order valence-corrected chi connectivity index (χ0v) is 12.4. The molecule has 0 aliphatic rings. The van der Waals surface area contributed by atoms with Crippen molar-refractivity contribution in [2.45, 2.75) is 39.5 Å². The Balaban J connectivity index is 0.000000173. The first kappa shape index (κ1) is 14.8. The monoisotopic (exact) mass is 290 g/mol. The van der Waals surface area contributed by atoms with Gasteiger partial charge in [0, 0.05) is 11.8 Å². The molecule has 0 aliphatic carbocycles. The van der Waals surface area contributed by atoms with Gasteiger partial charge in [-0.3, -0.25) is 0 Å². The first-order valence-corrected chi connectivity index (χ1v) is 6.64. The van der Waals surface area contributed by atoms with Crippen molar-refractivity contribution in [1.29, 1.82) is 0 Å². The fourth-order valence-corrected chi connectivity index (χ4v) is 1.46. The molecule has 0 bridgehead atoms. The molecule has 0 radical (unpaired) electrons. The molecule has 9 nitrogen and oxygen atoms in total. The van der Waals surface area contributed by atoms with Crippen LogP contribution in [0.15, 0.2) is 16.5 Å². The fraction of sp³-hybridized carbons (Fsp3) is 0.500. The summed E-state index contributed by atoms with van der Waals surface area (Å²) in [6.07, 6.45) is 0. The molecule has 21 heavy (non-hydrogen) atoms. The van der Waals surface area contributed by atoms with Crippen LogP contribution in [0.5, 0.6) is 0 Å². The van der Waals surface area contributed by atoms with E-state index in [2.05, 4.69) is 55.1 Å². The van der Waals surface area contributed by atoms with Crippen LogP contribution in [0.4, 0.5) is 0 Å². The van der Waals surface area contributed by atoms with E-state index in [-0.39, 0.29) is 0 Å². The zero-order valence-electron chi connectivity index (χ0n) is 12.4. The maximum atomic E-state index is 5.50. The Morgan fingerprint density at radius 3 is 2.05 bits per heavy atom. The summed E-state index contributed by atoms with van der Waals surface area (Å²) < 4.78 is 5.50. The van der Waals surface area contributed by atoms with Crippen LogP contribution < -0.4 is 0 Å². The molecule has 0 amide bonds. The summed E-state index contributed by atoms with van der Waals surface area (Å²) in [6, 6.07) is 3.77. The molecule has 112 valence electrons. The summed E-state index contributed by atoms with van der Waals surface area (Å²) in [6.45, 7) is 8.17. The number of aromatic amines is 2. The average Bonchev–Trinajstić information content (AvgIpc) is 3.21. The first-order valence-electron chi connectivity index (χ1n) is 6.64. The lowest BCUT2D eigenvalue weighted by molar-refractivity contribution is 0.495. The van der Waals surface area contributed by atoms with Crippen LogP contribution >= 0.6 is 0 Å². The minimum Gasteiger partial charge on any atom is -0.457 e. The van der Waals surface area contributed by atoms with Crippen molar-refractivity contribution in [3.8, 4) is 11.6 Å². The van der Waals surface area contributed by atoms with E-state index in [0.717, 1.165) is 11.6 Å². The van der Waals surface area contributed by atoms with Crippen LogP contribution in [0.3, 0.4) is 0 Å². The Bertz CT molecular complexity index is 626. The molecule has 0 unspecified atom stereocenters. The maximum absolute atomic E-state index is 5.50. The number of aromatic nitrogens is 8. The highest BCUT2D eigenvalue weighted by molar-refractivity contribution is 5.45. The molecule has 0 fully saturated rings. The highest BCUT2D eigenvalue weighted by Gasteiger charge is 2.10. The summed E-state index contributed by atoms with van der Waals surface area (Å²) in [5.41, 5.74) is 0. The topological polar surface area (TPSA) is 122 Å². The van der Waals surface area contributed by atoms with Crippen LogP contribution in [0, 0.1) is 0 Å². The SMILES string of the molecule is CC(C)c1ccc(-c2nn[nH]n2)o1.CC(C)c1nn[nH]n1. The van der Waals surface area contributed by atoms with Crippen LogP contribution in [0.2, 0.25) is 0 Å². The lowest BCUT2D eigenvalue weighted by atomic mass is 10.2. The number of furan rings is 1. The second kappa shape index (κ2) is 6.73. The molecule has 0 aromatic carbocycles. The number of hydrogen-bond donors (Lipinski definition) is 2. The van der Waals surface area contributed by atoms with Crippen molar-refractivity contribution in [2.24, 2.45) is 0 Å². The molecule has 3 heterocycles. The summed E-state index contributed by atoms with van der Waals surface area (Å²) >= 11 is 0. The Kier molecular flexibility index (Phi) is 4.75. The van der Waals surface area contributed by atoms with E-state index < -0.39 is 0 Å². The third-order valence-electron chi connectivity index (χ3n) is 2.64. The third kappa shape index (κ3) is 3.94. The number of nitrogens with one attached hydrogen (secondary N) is 2. The van der Waals surface area contributed by atoms with E-state index >= 15 is 0 Å². The Hall–Kier alpha value is -2.58. The van der Waals surface area contributed by atoms with E-state index in [1.54, 1.807) is 0 Å². The van der Waals surface area contributed by atoms with Crippen LogP contribution in [-0.4, -0.2) is 41.2 Å². The van der Waals surface area contributed by atoms with Crippen LogP contribution in [0.1, 0.15) is 51.1 Å². The van der Waals surface area contributed by atoms with Gasteiger partial charge in [0.05, 0.1) is 0 Å². The number of hydrogen-bond acceptors (Lipinski definition) is 7. The number of nitrogens with zero attached hydrogens (tertiary/aromatic N) is 6.